The second-order valence-corrected chi connectivity index (χ2v) is 7.72. The summed E-state index contributed by atoms with van der Waals surface area (Å²) in [5.74, 6) is 0.407. The Labute approximate surface area is 175 Å². The highest BCUT2D eigenvalue weighted by Crippen LogP contribution is 2.38. The molecule has 3 rings (SSSR count). The van der Waals surface area contributed by atoms with Gasteiger partial charge in [-0.2, -0.15) is 0 Å². The average molecular weight is 408 g/mol. The molecule has 0 radical (unpaired) electrons. The van der Waals surface area contributed by atoms with E-state index in [0.29, 0.717) is 27.8 Å². The lowest BCUT2D eigenvalue weighted by molar-refractivity contribution is 0.0207. The monoisotopic (exact) mass is 408 g/mol. The van der Waals surface area contributed by atoms with E-state index in [-0.39, 0.29) is 11.3 Å². The molecule has 0 saturated heterocycles. The molecule has 3 aromatic carbocycles. The molecule has 0 aliphatic heterocycles. The topological polar surface area (TPSA) is 71.1 Å². The van der Waals surface area contributed by atoms with Gasteiger partial charge in [0.15, 0.2) is 5.75 Å². The minimum absolute atomic E-state index is 0.0686. The van der Waals surface area contributed by atoms with Crippen LogP contribution in [0.3, 0.4) is 0 Å². The predicted octanol–water partition coefficient (Wildman–Crippen LogP) is 5.69. The standard InChI is InChI=1S/C24H24O6/c1-15-14-18-17(12-9-13-19(18)27-5)21(29-23(26)30-24(2,3)4)20(15)22(25)28-16-10-7-6-8-11-16/h6-14H,1-5H3. The Bertz CT molecular complexity index is 1080. The lowest BCUT2D eigenvalue weighted by atomic mass is 9.99. The fourth-order valence-electron chi connectivity index (χ4n) is 3.03. The van der Waals surface area contributed by atoms with Gasteiger partial charge in [-0.1, -0.05) is 30.3 Å². The first kappa shape index (κ1) is 21.2. The second kappa shape index (κ2) is 8.45. The van der Waals surface area contributed by atoms with Gasteiger partial charge in [0.2, 0.25) is 0 Å². The zero-order chi connectivity index (χ0) is 21.9. The number of rotatable bonds is 4. The van der Waals surface area contributed by atoms with E-state index in [1.807, 2.05) is 6.07 Å². The summed E-state index contributed by atoms with van der Waals surface area (Å²) in [6, 6.07) is 15.8. The number of hydrogen-bond donors (Lipinski definition) is 0. The summed E-state index contributed by atoms with van der Waals surface area (Å²) in [5.41, 5.74) is -0.0315. The summed E-state index contributed by atoms with van der Waals surface area (Å²) < 4.78 is 21.8. The van der Waals surface area contributed by atoms with Gasteiger partial charge in [-0.3, -0.25) is 0 Å². The molecule has 0 amide bonds. The van der Waals surface area contributed by atoms with Gasteiger partial charge in [-0.15, -0.1) is 0 Å². The van der Waals surface area contributed by atoms with Gasteiger partial charge in [0.1, 0.15) is 22.7 Å². The van der Waals surface area contributed by atoms with Crippen LogP contribution < -0.4 is 14.2 Å². The van der Waals surface area contributed by atoms with E-state index in [9.17, 15) is 9.59 Å². The van der Waals surface area contributed by atoms with Crippen molar-refractivity contribution in [3.05, 3.63) is 65.7 Å². The van der Waals surface area contributed by atoms with Gasteiger partial charge in [0.05, 0.1) is 7.11 Å². The smallest absolute Gasteiger partial charge is 0.496 e. The molecule has 0 N–H and O–H groups in total. The third-order valence-corrected chi connectivity index (χ3v) is 4.25. The van der Waals surface area contributed by atoms with Gasteiger partial charge in [-0.05, 0) is 57.5 Å². The molecule has 0 heterocycles. The molecule has 0 aliphatic carbocycles. The number of aryl methyl sites for hydroxylation is 1. The predicted molar refractivity (Wildman–Crippen MR) is 113 cm³/mol. The van der Waals surface area contributed by atoms with E-state index in [0.717, 1.165) is 0 Å². The zero-order valence-electron chi connectivity index (χ0n) is 17.6. The molecular weight excluding hydrogens is 384 g/mol. The summed E-state index contributed by atoms with van der Waals surface area (Å²) in [5, 5.41) is 1.23. The first-order valence-corrected chi connectivity index (χ1v) is 9.48. The fourth-order valence-corrected chi connectivity index (χ4v) is 3.03. The molecule has 0 spiro atoms. The van der Waals surface area contributed by atoms with Gasteiger partial charge in [0.25, 0.3) is 0 Å². The maximum atomic E-state index is 13.0. The minimum Gasteiger partial charge on any atom is -0.496 e. The van der Waals surface area contributed by atoms with Crippen molar-refractivity contribution in [2.45, 2.75) is 33.3 Å². The van der Waals surface area contributed by atoms with Crippen molar-refractivity contribution in [1.82, 2.24) is 0 Å². The maximum Gasteiger partial charge on any atom is 0.514 e. The zero-order valence-corrected chi connectivity index (χ0v) is 17.6. The minimum atomic E-state index is -0.911. The summed E-state index contributed by atoms with van der Waals surface area (Å²) in [6.45, 7) is 6.94. The molecule has 6 nitrogen and oxygen atoms in total. The lowest BCUT2D eigenvalue weighted by Crippen LogP contribution is -2.26. The van der Waals surface area contributed by atoms with Gasteiger partial charge >= 0.3 is 12.1 Å². The van der Waals surface area contributed by atoms with Crippen LogP contribution in [0, 0.1) is 6.92 Å². The highest BCUT2D eigenvalue weighted by molar-refractivity contribution is 6.06. The van der Waals surface area contributed by atoms with Crippen molar-refractivity contribution in [3.8, 4) is 17.2 Å². The number of esters is 1. The summed E-state index contributed by atoms with van der Waals surface area (Å²) in [4.78, 5) is 25.5. The number of para-hydroxylation sites is 1. The van der Waals surface area contributed by atoms with E-state index in [1.54, 1.807) is 83.3 Å². The lowest BCUT2D eigenvalue weighted by Gasteiger charge is -2.21. The Hall–Kier alpha value is -3.54. The van der Waals surface area contributed by atoms with Crippen LogP contribution in [-0.4, -0.2) is 24.8 Å². The van der Waals surface area contributed by atoms with Gasteiger partial charge in [-0.25, -0.2) is 9.59 Å². The molecule has 3 aromatic rings. The summed E-state index contributed by atoms with van der Waals surface area (Å²) in [7, 11) is 1.55. The molecule has 0 bridgehead atoms. The number of ether oxygens (including phenoxy) is 4. The number of carbonyl (C=O) groups is 2. The Morgan fingerprint density at radius 1 is 0.867 bits per heavy atom. The molecule has 0 aromatic heterocycles. The van der Waals surface area contributed by atoms with E-state index in [1.165, 1.54) is 0 Å². The van der Waals surface area contributed by atoms with Crippen molar-refractivity contribution in [1.29, 1.82) is 0 Å². The molecule has 0 unspecified atom stereocenters. The normalized spacial score (nSPS) is 11.1. The van der Waals surface area contributed by atoms with Crippen molar-refractivity contribution in [2.24, 2.45) is 0 Å². The Balaban J connectivity index is 2.13. The highest BCUT2D eigenvalue weighted by atomic mass is 16.7. The Morgan fingerprint density at radius 2 is 1.57 bits per heavy atom. The SMILES string of the molecule is COc1cccc2c(OC(=O)OC(C)(C)C)c(C(=O)Oc3ccccc3)c(C)cc12. The first-order valence-electron chi connectivity index (χ1n) is 9.48. The van der Waals surface area contributed by atoms with Crippen LogP contribution in [-0.2, 0) is 4.74 Å². The van der Waals surface area contributed by atoms with Crippen LogP contribution in [0.1, 0.15) is 36.7 Å². The molecule has 0 aliphatic rings. The van der Waals surface area contributed by atoms with Crippen molar-refractivity contribution in [3.63, 3.8) is 0 Å². The van der Waals surface area contributed by atoms with Crippen molar-refractivity contribution < 1.29 is 28.5 Å². The van der Waals surface area contributed by atoms with Crippen LogP contribution >= 0.6 is 0 Å². The van der Waals surface area contributed by atoms with E-state index in [2.05, 4.69) is 0 Å². The van der Waals surface area contributed by atoms with Crippen molar-refractivity contribution in [2.75, 3.05) is 7.11 Å². The molecular formula is C24H24O6. The van der Waals surface area contributed by atoms with Crippen LogP contribution in [0.25, 0.3) is 10.8 Å². The quantitative estimate of drug-likeness (QED) is 0.314. The summed E-state index contributed by atoms with van der Waals surface area (Å²) >= 11 is 0. The van der Waals surface area contributed by atoms with E-state index >= 15 is 0 Å². The molecule has 0 saturated carbocycles. The molecule has 6 heteroatoms. The van der Waals surface area contributed by atoms with Crippen LogP contribution in [0.4, 0.5) is 4.79 Å². The van der Waals surface area contributed by atoms with Crippen molar-refractivity contribution >= 4 is 22.9 Å². The third-order valence-electron chi connectivity index (χ3n) is 4.25. The Morgan fingerprint density at radius 3 is 2.20 bits per heavy atom. The molecule has 0 fully saturated rings. The highest BCUT2D eigenvalue weighted by Gasteiger charge is 2.26. The van der Waals surface area contributed by atoms with Crippen LogP contribution in [0.5, 0.6) is 17.2 Å². The third kappa shape index (κ3) is 4.71. The van der Waals surface area contributed by atoms with Gasteiger partial charge in [0, 0.05) is 10.8 Å². The fraction of sp³-hybridized carbons (Fsp3) is 0.250. The number of fused-ring (bicyclic) bond motifs is 1. The molecule has 156 valence electrons. The maximum absolute atomic E-state index is 13.0. The number of methoxy groups -OCH3 is 1. The number of benzene rings is 3. The summed E-state index contributed by atoms with van der Waals surface area (Å²) in [6.07, 6.45) is -0.911. The van der Waals surface area contributed by atoms with E-state index < -0.39 is 17.7 Å². The largest absolute Gasteiger partial charge is 0.514 e. The molecule has 0 atom stereocenters. The van der Waals surface area contributed by atoms with E-state index in [4.69, 9.17) is 18.9 Å². The second-order valence-electron chi connectivity index (χ2n) is 7.72. The van der Waals surface area contributed by atoms with Gasteiger partial charge < -0.3 is 18.9 Å². The van der Waals surface area contributed by atoms with Crippen LogP contribution in [0.15, 0.2) is 54.6 Å². The first-order chi connectivity index (χ1) is 14.2. The number of hydrogen-bond acceptors (Lipinski definition) is 6. The molecule has 30 heavy (non-hydrogen) atoms. The average Bonchev–Trinajstić information content (AvgIpc) is 2.66. The van der Waals surface area contributed by atoms with Crippen LogP contribution in [0.2, 0.25) is 0 Å². The number of carbonyl (C=O) groups excluding carboxylic acids is 2. The Kier molecular flexibility index (Phi) is 5.96.